The van der Waals surface area contributed by atoms with Crippen molar-refractivity contribution in [2.75, 3.05) is 10.9 Å². The van der Waals surface area contributed by atoms with E-state index in [0.717, 1.165) is 5.56 Å². The monoisotopic (exact) mass is 424 g/mol. The van der Waals surface area contributed by atoms with Gasteiger partial charge in [0.2, 0.25) is 0 Å². The Morgan fingerprint density at radius 2 is 1.50 bits per heavy atom. The Hall–Kier alpha value is -3.65. The molecule has 0 heterocycles. The zero-order valence-electron chi connectivity index (χ0n) is 16.0. The molecule has 30 heavy (non-hydrogen) atoms. The van der Waals surface area contributed by atoms with Crippen molar-refractivity contribution >= 4 is 27.6 Å². The zero-order chi connectivity index (χ0) is 21.6. The number of benzene rings is 3. The first-order chi connectivity index (χ1) is 14.4. The average Bonchev–Trinajstić information content (AvgIpc) is 2.77. The summed E-state index contributed by atoms with van der Waals surface area (Å²) in [5, 5.41) is 0. The number of ether oxygens (including phenoxy) is 1. The fourth-order valence-corrected chi connectivity index (χ4v) is 4.29. The smallest absolute Gasteiger partial charge is 0.338 e. The Bertz CT molecular complexity index is 1130. The van der Waals surface area contributed by atoms with Crippen molar-refractivity contribution in [3.63, 3.8) is 0 Å². The topological polar surface area (TPSA) is 107 Å². The Morgan fingerprint density at radius 1 is 0.867 bits per heavy atom. The van der Waals surface area contributed by atoms with Gasteiger partial charge in [-0.25, -0.2) is 13.2 Å². The van der Waals surface area contributed by atoms with Crippen LogP contribution in [0.3, 0.4) is 0 Å². The van der Waals surface area contributed by atoms with Gasteiger partial charge in [-0.3, -0.25) is 9.10 Å². The lowest BCUT2D eigenvalue weighted by Crippen LogP contribution is -2.30. The van der Waals surface area contributed by atoms with Crippen molar-refractivity contribution < 1.29 is 22.7 Å². The summed E-state index contributed by atoms with van der Waals surface area (Å²) < 4.78 is 33.0. The summed E-state index contributed by atoms with van der Waals surface area (Å²) in [6, 6.07) is 23.4. The summed E-state index contributed by atoms with van der Waals surface area (Å²) in [5.74, 6) is -1.63. The van der Waals surface area contributed by atoms with Crippen LogP contribution >= 0.6 is 0 Å². The van der Waals surface area contributed by atoms with Crippen molar-refractivity contribution in [2.24, 2.45) is 5.73 Å². The van der Waals surface area contributed by atoms with Gasteiger partial charge in [0.05, 0.1) is 22.7 Å². The number of para-hydroxylation sites is 1. The first-order valence-corrected chi connectivity index (χ1v) is 10.5. The number of anilines is 1. The molecule has 0 aliphatic heterocycles. The van der Waals surface area contributed by atoms with Gasteiger partial charge in [-0.05, 0) is 35.9 Å². The number of nitrogens with two attached hydrogens (primary N) is 1. The maximum Gasteiger partial charge on any atom is 0.338 e. The summed E-state index contributed by atoms with van der Waals surface area (Å²) in [4.78, 5) is 22.9. The Morgan fingerprint density at radius 3 is 2.13 bits per heavy atom. The molecule has 154 valence electrons. The van der Waals surface area contributed by atoms with Crippen LogP contribution in [0.4, 0.5) is 5.69 Å². The van der Waals surface area contributed by atoms with Gasteiger partial charge < -0.3 is 10.5 Å². The minimum absolute atomic E-state index is 0.00467. The number of carbonyl (C=O) groups excluding carboxylic acids is 2. The summed E-state index contributed by atoms with van der Waals surface area (Å²) in [7, 11) is -4.01. The van der Waals surface area contributed by atoms with Crippen LogP contribution in [0, 0.1) is 0 Å². The van der Waals surface area contributed by atoms with E-state index in [1.165, 1.54) is 28.6 Å². The Kier molecular flexibility index (Phi) is 6.48. The lowest BCUT2D eigenvalue weighted by Gasteiger charge is -2.25. The zero-order valence-corrected chi connectivity index (χ0v) is 16.8. The van der Waals surface area contributed by atoms with Crippen LogP contribution in [0.2, 0.25) is 0 Å². The molecule has 0 spiro atoms. The molecule has 0 saturated heterocycles. The highest BCUT2D eigenvalue weighted by Crippen LogP contribution is 2.26. The molecule has 0 aromatic heterocycles. The van der Waals surface area contributed by atoms with Crippen molar-refractivity contribution in [3.8, 4) is 0 Å². The number of esters is 1. The number of hydrogen-bond donors (Lipinski definition) is 1. The number of sulfonamides is 1. The molecule has 0 radical (unpaired) electrons. The van der Waals surface area contributed by atoms with Crippen molar-refractivity contribution in [2.45, 2.75) is 11.4 Å². The highest BCUT2D eigenvalue weighted by molar-refractivity contribution is 7.92. The van der Waals surface area contributed by atoms with Gasteiger partial charge in [0.1, 0.15) is 0 Å². The molecule has 3 aromatic rings. The molecule has 8 heteroatoms. The summed E-state index contributed by atoms with van der Waals surface area (Å²) in [6.45, 7) is -0.469. The van der Waals surface area contributed by atoms with Crippen molar-refractivity contribution in [1.82, 2.24) is 0 Å². The standard InChI is InChI=1S/C22H20N2O5S/c23-21(25)16-29-22(26)18-10-7-13-20(14-18)30(27,28)24(19-11-5-2-6-12-19)15-17-8-3-1-4-9-17/h1-14H,15-16H2,(H2,23,25). The number of primary amides is 1. The third-order valence-electron chi connectivity index (χ3n) is 4.22. The van der Waals surface area contributed by atoms with E-state index in [2.05, 4.69) is 0 Å². The number of amides is 1. The largest absolute Gasteiger partial charge is 0.452 e. The van der Waals surface area contributed by atoms with Crippen LogP contribution in [-0.2, 0) is 26.1 Å². The minimum atomic E-state index is -4.01. The molecule has 0 atom stereocenters. The quantitative estimate of drug-likeness (QED) is 0.560. The van der Waals surface area contributed by atoms with E-state index in [0.29, 0.717) is 5.69 Å². The van der Waals surface area contributed by atoms with E-state index in [9.17, 15) is 18.0 Å². The number of rotatable bonds is 8. The van der Waals surface area contributed by atoms with Crippen molar-refractivity contribution in [3.05, 3.63) is 96.1 Å². The van der Waals surface area contributed by atoms with Crippen LogP contribution in [0.15, 0.2) is 89.8 Å². The van der Waals surface area contributed by atoms with Crippen LogP contribution in [0.25, 0.3) is 0 Å². The molecule has 3 rings (SSSR count). The van der Waals surface area contributed by atoms with Gasteiger partial charge in [-0.1, -0.05) is 54.6 Å². The predicted octanol–water partition coefficient (Wildman–Crippen LogP) is 2.72. The highest BCUT2D eigenvalue weighted by Gasteiger charge is 2.26. The lowest BCUT2D eigenvalue weighted by atomic mass is 10.2. The van der Waals surface area contributed by atoms with Gasteiger partial charge >= 0.3 is 5.97 Å². The second-order valence-corrected chi connectivity index (χ2v) is 8.27. The lowest BCUT2D eigenvalue weighted by molar-refractivity contribution is -0.121. The predicted molar refractivity (Wildman–Crippen MR) is 112 cm³/mol. The summed E-state index contributed by atoms with van der Waals surface area (Å²) in [5.41, 5.74) is 6.28. The third-order valence-corrected chi connectivity index (χ3v) is 5.99. The number of nitrogens with zero attached hydrogens (tertiary/aromatic N) is 1. The van der Waals surface area contributed by atoms with Crippen LogP contribution in [-0.4, -0.2) is 26.9 Å². The molecular weight excluding hydrogens is 404 g/mol. The normalized spacial score (nSPS) is 10.9. The highest BCUT2D eigenvalue weighted by atomic mass is 32.2. The molecule has 3 aromatic carbocycles. The fraction of sp³-hybridized carbons (Fsp3) is 0.0909. The second-order valence-electron chi connectivity index (χ2n) is 6.40. The molecule has 1 amide bonds. The van der Waals surface area contributed by atoms with E-state index >= 15 is 0 Å². The van der Waals surface area contributed by atoms with E-state index in [1.54, 1.807) is 30.3 Å². The molecule has 0 unspecified atom stereocenters. The van der Waals surface area contributed by atoms with E-state index in [1.807, 2.05) is 30.3 Å². The molecule has 0 aliphatic carbocycles. The van der Waals surface area contributed by atoms with Gasteiger partial charge in [0, 0.05) is 0 Å². The second kappa shape index (κ2) is 9.23. The molecular formula is C22H20N2O5S. The maximum atomic E-state index is 13.5. The van der Waals surface area contributed by atoms with Crippen LogP contribution < -0.4 is 10.0 Å². The first-order valence-electron chi connectivity index (χ1n) is 9.05. The molecule has 7 nitrogen and oxygen atoms in total. The van der Waals surface area contributed by atoms with Gasteiger partial charge in [-0.2, -0.15) is 0 Å². The Labute approximate surface area is 174 Å². The molecule has 0 bridgehead atoms. The maximum absolute atomic E-state index is 13.5. The van der Waals surface area contributed by atoms with Crippen LogP contribution in [0.5, 0.6) is 0 Å². The third kappa shape index (κ3) is 5.03. The average molecular weight is 424 g/mol. The minimum Gasteiger partial charge on any atom is -0.452 e. The van der Waals surface area contributed by atoms with E-state index in [-0.39, 0.29) is 17.0 Å². The van der Waals surface area contributed by atoms with Crippen LogP contribution in [0.1, 0.15) is 15.9 Å². The van der Waals surface area contributed by atoms with E-state index in [4.69, 9.17) is 10.5 Å². The summed E-state index contributed by atoms with van der Waals surface area (Å²) >= 11 is 0. The van der Waals surface area contributed by atoms with E-state index < -0.39 is 28.5 Å². The molecule has 0 fully saturated rings. The Balaban J connectivity index is 1.98. The summed E-state index contributed by atoms with van der Waals surface area (Å²) in [6.07, 6.45) is 0. The fourth-order valence-electron chi connectivity index (χ4n) is 2.79. The number of carbonyl (C=O) groups is 2. The van der Waals surface area contributed by atoms with Crippen molar-refractivity contribution in [1.29, 1.82) is 0 Å². The molecule has 2 N–H and O–H groups in total. The van der Waals surface area contributed by atoms with Gasteiger partial charge in [0.15, 0.2) is 6.61 Å². The molecule has 0 aliphatic rings. The SMILES string of the molecule is NC(=O)COC(=O)c1cccc(S(=O)(=O)N(Cc2ccccc2)c2ccccc2)c1. The van der Waals surface area contributed by atoms with Gasteiger partial charge in [0.25, 0.3) is 15.9 Å². The number of hydrogen-bond acceptors (Lipinski definition) is 5. The first kappa shape index (κ1) is 21.1. The molecule has 0 saturated carbocycles. The van der Waals surface area contributed by atoms with Gasteiger partial charge in [-0.15, -0.1) is 0 Å².